The Morgan fingerprint density at radius 1 is 0.963 bits per heavy atom. The lowest BCUT2D eigenvalue weighted by Crippen LogP contribution is -2.47. The molecule has 7 nitrogen and oxygen atoms in total. The van der Waals surface area contributed by atoms with Crippen LogP contribution in [0.25, 0.3) is 5.82 Å². The average Bonchev–Trinajstić information content (AvgIpc) is 3.24. The van der Waals surface area contributed by atoms with Gasteiger partial charge in [0, 0.05) is 51.2 Å². The van der Waals surface area contributed by atoms with E-state index in [2.05, 4.69) is 24.9 Å². The van der Waals surface area contributed by atoms with E-state index in [1.807, 2.05) is 55.6 Å². The van der Waals surface area contributed by atoms with Crippen LogP contribution in [0.15, 0.2) is 54.9 Å². The van der Waals surface area contributed by atoms with Crippen LogP contribution >= 0.6 is 0 Å². The zero-order valence-corrected chi connectivity index (χ0v) is 15.5. The molecule has 1 aliphatic rings. The van der Waals surface area contributed by atoms with Crippen molar-refractivity contribution in [3.63, 3.8) is 0 Å². The molecule has 0 atom stereocenters. The zero-order valence-electron chi connectivity index (χ0n) is 15.5. The third-order valence-corrected chi connectivity index (χ3v) is 4.67. The first-order valence-corrected chi connectivity index (χ1v) is 9.29. The summed E-state index contributed by atoms with van der Waals surface area (Å²) < 4.78 is 7.58. The second-order valence-corrected chi connectivity index (χ2v) is 6.57. The summed E-state index contributed by atoms with van der Waals surface area (Å²) in [6, 6.07) is 13.9. The maximum atomic E-state index is 5.81. The number of ether oxygens (including phenoxy) is 1. The van der Waals surface area contributed by atoms with Gasteiger partial charge >= 0.3 is 0 Å². The summed E-state index contributed by atoms with van der Waals surface area (Å²) in [6.45, 7) is 7.45. The number of hydrogen-bond acceptors (Lipinski definition) is 6. The maximum absolute atomic E-state index is 5.81. The number of rotatable bonds is 6. The van der Waals surface area contributed by atoms with E-state index < -0.39 is 0 Å². The number of piperazine rings is 1. The van der Waals surface area contributed by atoms with Crippen molar-refractivity contribution in [2.45, 2.75) is 6.92 Å². The van der Waals surface area contributed by atoms with Crippen LogP contribution in [0.5, 0.6) is 5.75 Å². The molecule has 4 rings (SSSR count). The van der Waals surface area contributed by atoms with Crippen LogP contribution in [0, 0.1) is 6.92 Å². The monoisotopic (exact) mass is 364 g/mol. The fraction of sp³-hybridized carbons (Fsp3) is 0.350. The van der Waals surface area contributed by atoms with Gasteiger partial charge in [-0.05, 0) is 25.1 Å². The summed E-state index contributed by atoms with van der Waals surface area (Å²) in [4.78, 5) is 13.9. The van der Waals surface area contributed by atoms with E-state index in [4.69, 9.17) is 4.74 Å². The van der Waals surface area contributed by atoms with Crippen LogP contribution < -0.4 is 9.64 Å². The van der Waals surface area contributed by atoms with Crippen molar-refractivity contribution >= 4 is 5.82 Å². The Kier molecular flexibility index (Phi) is 5.29. The van der Waals surface area contributed by atoms with E-state index in [0.717, 1.165) is 55.9 Å². The number of para-hydroxylation sites is 1. The highest BCUT2D eigenvalue weighted by atomic mass is 16.5. The Bertz CT molecular complexity index is 844. The Morgan fingerprint density at radius 3 is 2.48 bits per heavy atom. The van der Waals surface area contributed by atoms with Crippen molar-refractivity contribution < 1.29 is 4.74 Å². The van der Waals surface area contributed by atoms with Gasteiger partial charge in [-0.1, -0.05) is 18.2 Å². The third kappa shape index (κ3) is 4.43. The fourth-order valence-corrected chi connectivity index (χ4v) is 3.23. The molecule has 0 spiro atoms. The van der Waals surface area contributed by atoms with Gasteiger partial charge in [-0.25, -0.2) is 14.6 Å². The van der Waals surface area contributed by atoms with Gasteiger partial charge in [-0.3, -0.25) is 4.90 Å². The molecular formula is C20H24N6O. The molecule has 3 heterocycles. The van der Waals surface area contributed by atoms with Gasteiger partial charge in [0.1, 0.15) is 24.0 Å². The fourth-order valence-electron chi connectivity index (χ4n) is 3.23. The molecule has 7 heteroatoms. The van der Waals surface area contributed by atoms with Gasteiger partial charge in [0.05, 0.1) is 0 Å². The van der Waals surface area contributed by atoms with Crippen molar-refractivity contribution in [1.82, 2.24) is 24.6 Å². The molecule has 0 saturated carbocycles. The van der Waals surface area contributed by atoms with E-state index >= 15 is 0 Å². The molecule has 140 valence electrons. The summed E-state index contributed by atoms with van der Waals surface area (Å²) >= 11 is 0. The molecule has 0 radical (unpaired) electrons. The summed E-state index contributed by atoms with van der Waals surface area (Å²) in [7, 11) is 0. The molecule has 3 aromatic rings. The molecule has 2 aromatic heterocycles. The standard InChI is InChI=1S/C20H24N6O/c1-17-22-19(16-20(23-17)26-9-5-8-21-26)25-12-10-24(11-13-25)14-15-27-18-6-3-2-4-7-18/h2-9,16H,10-15H2,1H3. The first-order chi connectivity index (χ1) is 13.3. The first kappa shape index (κ1) is 17.5. The highest BCUT2D eigenvalue weighted by Crippen LogP contribution is 2.17. The number of anilines is 1. The molecule has 1 aromatic carbocycles. The Hall–Kier alpha value is -2.93. The smallest absolute Gasteiger partial charge is 0.159 e. The van der Waals surface area contributed by atoms with E-state index in [-0.39, 0.29) is 0 Å². The molecule has 0 amide bonds. The van der Waals surface area contributed by atoms with Gasteiger partial charge < -0.3 is 9.64 Å². The number of aromatic nitrogens is 4. The Balaban J connectivity index is 1.31. The number of aryl methyl sites for hydroxylation is 1. The Labute approximate surface area is 159 Å². The van der Waals surface area contributed by atoms with Crippen LogP contribution in [0.1, 0.15) is 5.82 Å². The number of benzene rings is 1. The van der Waals surface area contributed by atoms with E-state index in [1.54, 1.807) is 10.9 Å². The summed E-state index contributed by atoms with van der Waals surface area (Å²) in [6.07, 6.45) is 3.66. The van der Waals surface area contributed by atoms with Gasteiger partial charge in [0.15, 0.2) is 5.82 Å². The van der Waals surface area contributed by atoms with E-state index in [9.17, 15) is 0 Å². The minimum Gasteiger partial charge on any atom is -0.492 e. The van der Waals surface area contributed by atoms with Crippen molar-refractivity contribution in [2.75, 3.05) is 44.2 Å². The zero-order chi connectivity index (χ0) is 18.5. The van der Waals surface area contributed by atoms with Crippen LogP contribution in [0.4, 0.5) is 5.82 Å². The minimum atomic E-state index is 0.708. The molecular weight excluding hydrogens is 340 g/mol. The first-order valence-electron chi connectivity index (χ1n) is 9.29. The number of hydrogen-bond donors (Lipinski definition) is 0. The maximum Gasteiger partial charge on any atom is 0.159 e. The second kappa shape index (κ2) is 8.18. The van der Waals surface area contributed by atoms with Crippen molar-refractivity contribution in [2.24, 2.45) is 0 Å². The van der Waals surface area contributed by atoms with Crippen LogP contribution in [-0.4, -0.2) is 64.0 Å². The van der Waals surface area contributed by atoms with Crippen LogP contribution in [-0.2, 0) is 0 Å². The molecule has 1 fully saturated rings. The van der Waals surface area contributed by atoms with E-state index in [1.165, 1.54) is 0 Å². The average molecular weight is 364 g/mol. The molecule has 0 unspecified atom stereocenters. The van der Waals surface area contributed by atoms with Gasteiger partial charge in [0.25, 0.3) is 0 Å². The lowest BCUT2D eigenvalue weighted by Gasteiger charge is -2.35. The van der Waals surface area contributed by atoms with Crippen molar-refractivity contribution in [3.05, 3.63) is 60.7 Å². The highest BCUT2D eigenvalue weighted by Gasteiger charge is 2.19. The molecule has 0 aliphatic carbocycles. The SMILES string of the molecule is Cc1nc(N2CCN(CCOc3ccccc3)CC2)cc(-n2cccn2)n1. The molecule has 1 aliphatic heterocycles. The van der Waals surface area contributed by atoms with Gasteiger partial charge in [-0.15, -0.1) is 0 Å². The Morgan fingerprint density at radius 2 is 1.74 bits per heavy atom. The van der Waals surface area contributed by atoms with Crippen LogP contribution in [0.3, 0.4) is 0 Å². The third-order valence-electron chi connectivity index (χ3n) is 4.67. The molecule has 27 heavy (non-hydrogen) atoms. The largest absolute Gasteiger partial charge is 0.492 e. The molecule has 1 saturated heterocycles. The predicted molar refractivity (Wildman–Crippen MR) is 104 cm³/mol. The van der Waals surface area contributed by atoms with Crippen molar-refractivity contribution in [1.29, 1.82) is 0 Å². The van der Waals surface area contributed by atoms with Gasteiger partial charge in [0.2, 0.25) is 0 Å². The summed E-state index contributed by atoms with van der Waals surface area (Å²) in [5.74, 6) is 3.46. The summed E-state index contributed by atoms with van der Waals surface area (Å²) in [5, 5.41) is 4.27. The number of nitrogens with zero attached hydrogens (tertiary/aromatic N) is 6. The molecule has 0 bridgehead atoms. The van der Waals surface area contributed by atoms with Crippen molar-refractivity contribution in [3.8, 4) is 11.6 Å². The normalized spacial score (nSPS) is 15.1. The van der Waals surface area contributed by atoms with Crippen LogP contribution in [0.2, 0.25) is 0 Å². The van der Waals surface area contributed by atoms with E-state index in [0.29, 0.717) is 6.61 Å². The summed E-state index contributed by atoms with van der Waals surface area (Å²) in [5.41, 5.74) is 0. The second-order valence-electron chi connectivity index (χ2n) is 6.57. The quantitative estimate of drug-likeness (QED) is 0.668. The highest BCUT2D eigenvalue weighted by molar-refractivity contribution is 5.44. The topological polar surface area (TPSA) is 59.3 Å². The van der Waals surface area contributed by atoms with Gasteiger partial charge in [-0.2, -0.15) is 5.10 Å². The lowest BCUT2D eigenvalue weighted by molar-refractivity contribution is 0.200. The minimum absolute atomic E-state index is 0.708. The lowest BCUT2D eigenvalue weighted by atomic mass is 10.3. The predicted octanol–water partition coefficient (Wildman–Crippen LogP) is 2.17. The molecule has 0 N–H and O–H groups in total.